The summed E-state index contributed by atoms with van der Waals surface area (Å²) < 4.78 is 39.5. The Morgan fingerprint density at radius 1 is 1.19 bits per heavy atom. The van der Waals surface area contributed by atoms with Crippen LogP contribution in [0.3, 0.4) is 0 Å². The second-order valence-corrected chi connectivity index (χ2v) is 6.18. The van der Waals surface area contributed by atoms with Crippen molar-refractivity contribution in [3.63, 3.8) is 0 Å². The molecule has 0 radical (unpaired) electrons. The number of pyridine rings is 1. The first kappa shape index (κ1) is 20.7. The van der Waals surface area contributed by atoms with Crippen LogP contribution in [0, 0.1) is 0 Å². The molecule has 0 bridgehead atoms. The molecule has 0 saturated heterocycles. The van der Waals surface area contributed by atoms with Gasteiger partial charge in [0.25, 0.3) is 5.91 Å². The number of benzene rings is 1. The number of rotatable bonds is 5. The van der Waals surface area contributed by atoms with Crippen molar-refractivity contribution in [2.24, 2.45) is 5.10 Å². The molecule has 0 fully saturated rings. The van der Waals surface area contributed by atoms with E-state index in [-0.39, 0.29) is 23.3 Å². The number of anilines is 1. The number of aromatic nitrogens is 1. The van der Waals surface area contributed by atoms with Gasteiger partial charge in [-0.05, 0) is 17.7 Å². The minimum Gasteiger partial charge on any atom is -0.363 e. The van der Waals surface area contributed by atoms with E-state index in [0.717, 1.165) is 17.1 Å². The van der Waals surface area contributed by atoms with Crippen molar-refractivity contribution in [2.45, 2.75) is 6.18 Å². The van der Waals surface area contributed by atoms with Crippen molar-refractivity contribution in [1.82, 2.24) is 9.99 Å². The highest BCUT2D eigenvalue weighted by molar-refractivity contribution is 6.27. The molecule has 1 heterocycles. The van der Waals surface area contributed by atoms with Gasteiger partial charge in [-0.25, -0.2) is 9.99 Å². The maximum absolute atomic E-state index is 13.2. The Labute approximate surface area is 160 Å². The molecular weight excluding hydrogens is 381 g/mol. The van der Waals surface area contributed by atoms with E-state index in [1.165, 1.54) is 18.2 Å². The highest BCUT2D eigenvalue weighted by Gasteiger charge is 2.32. The number of halogens is 4. The third-order valence-electron chi connectivity index (χ3n) is 3.66. The van der Waals surface area contributed by atoms with Crippen LogP contribution in [0.4, 0.5) is 19.0 Å². The van der Waals surface area contributed by atoms with Crippen LogP contribution in [0.15, 0.2) is 41.5 Å². The van der Waals surface area contributed by atoms with E-state index in [0.29, 0.717) is 11.1 Å². The lowest BCUT2D eigenvalue weighted by Gasteiger charge is -2.16. The molecule has 0 aliphatic rings. The van der Waals surface area contributed by atoms with Crippen LogP contribution in [0.1, 0.15) is 11.1 Å². The highest BCUT2D eigenvalue weighted by atomic mass is 35.5. The SMILES string of the molecule is CN(/N=C\c1ccc(-c2cc(C(F)(F)F)cc(N(C)C)n2)cc1)C(=O)CCl. The number of hydrogen-bond donors (Lipinski definition) is 0. The molecule has 0 aliphatic carbocycles. The number of alkyl halides is 4. The quantitative estimate of drug-likeness (QED) is 0.436. The minimum absolute atomic E-state index is 0.178. The standard InChI is InChI=1S/C18H18ClF3N4O/c1-25(2)16-9-14(18(20,21)22)8-15(24-16)13-6-4-12(5-7-13)11-23-26(3)17(27)10-19/h4-9,11H,10H2,1-3H3/b23-11-. The van der Waals surface area contributed by atoms with Gasteiger partial charge in [0.15, 0.2) is 0 Å². The zero-order valence-corrected chi connectivity index (χ0v) is 15.7. The third kappa shape index (κ3) is 5.43. The summed E-state index contributed by atoms with van der Waals surface area (Å²) in [5.41, 5.74) is 0.661. The van der Waals surface area contributed by atoms with Gasteiger partial charge in [0, 0.05) is 26.7 Å². The van der Waals surface area contributed by atoms with Crippen molar-refractivity contribution in [2.75, 3.05) is 31.9 Å². The zero-order chi connectivity index (χ0) is 20.2. The topological polar surface area (TPSA) is 48.8 Å². The number of hydrazone groups is 1. The Morgan fingerprint density at radius 3 is 2.33 bits per heavy atom. The van der Waals surface area contributed by atoms with Crippen LogP contribution in [-0.4, -0.2) is 49.1 Å². The van der Waals surface area contributed by atoms with E-state index in [4.69, 9.17) is 11.6 Å². The van der Waals surface area contributed by atoms with Gasteiger partial charge in [-0.2, -0.15) is 18.3 Å². The van der Waals surface area contributed by atoms with Gasteiger partial charge < -0.3 is 4.90 Å². The maximum Gasteiger partial charge on any atom is 0.416 e. The van der Waals surface area contributed by atoms with Crippen LogP contribution < -0.4 is 4.90 Å². The third-order valence-corrected chi connectivity index (χ3v) is 3.89. The molecule has 2 rings (SSSR count). The smallest absolute Gasteiger partial charge is 0.363 e. The van der Waals surface area contributed by atoms with Crippen LogP contribution in [0.5, 0.6) is 0 Å². The summed E-state index contributed by atoms with van der Waals surface area (Å²) in [5, 5.41) is 5.06. The molecule has 2 aromatic rings. The summed E-state index contributed by atoms with van der Waals surface area (Å²) in [5.74, 6) is -0.317. The lowest BCUT2D eigenvalue weighted by Crippen LogP contribution is -2.22. The summed E-state index contributed by atoms with van der Waals surface area (Å²) in [6, 6.07) is 8.67. The number of amides is 1. The molecule has 0 saturated carbocycles. The van der Waals surface area contributed by atoms with Crippen molar-refractivity contribution in [1.29, 1.82) is 0 Å². The second-order valence-electron chi connectivity index (χ2n) is 5.91. The predicted molar refractivity (Wildman–Crippen MR) is 100 cm³/mol. The van der Waals surface area contributed by atoms with E-state index in [9.17, 15) is 18.0 Å². The van der Waals surface area contributed by atoms with Gasteiger partial charge in [-0.3, -0.25) is 4.79 Å². The van der Waals surface area contributed by atoms with Crippen molar-refractivity contribution in [3.8, 4) is 11.3 Å². The number of carbonyl (C=O) groups is 1. The van der Waals surface area contributed by atoms with Gasteiger partial charge in [-0.15, -0.1) is 11.6 Å². The lowest BCUT2D eigenvalue weighted by molar-refractivity contribution is -0.137. The van der Waals surface area contributed by atoms with Crippen molar-refractivity contribution >= 4 is 29.5 Å². The maximum atomic E-state index is 13.2. The molecule has 27 heavy (non-hydrogen) atoms. The van der Waals surface area contributed by atoms with Crippen LogP contribution >= 0.6 is 11.6 Å². The average Bonchev–Trinajstić information content (AvgIpc) is 2.64. The molecule has 144 valence electrons. The van der Waals surface area contributed by atoms with Gasteiger partial charge >= 0.3 is 6.18 Å². The monoisotopic (exact) mass is 398 g/mol. The average molecular weight is 399 g/mol. The Kier molecular flexibility index (Phi) is 6.43. The van der Waals surface area contributed by atoms with Gasteiger partial charge in [0.2, 0.25) is 0 Å². The molecule has 1 aromatic carbocycles. The number of nitrogens with zero attached hydrogens (tertiary/aromatic N) is 4. The van der Waals surface area contributed by atoms with E-state index in [1.54, 1.807) is 38.4 Å². The first-order chi connectivity index (χ1) is 12.6. The molecule has 1 aromatic heterocycles. The van der Waals surface area contributed by atoms with E-state index >= 15 is 0 Å². The van der Waals surface area contributed by atoms with Gasteiger partial charge in [0.05, 0.1) is 17.5 Å². The van der Waals surface area contributed by atoms with Crippen molar-refractivity contribution < 1.29 is 18.0 Å². The molecule has 0 atom stereocenters. The first-order valence-electron chi connectivity index (χ1n) is 7.85. The normalized spacial score (nSPS) is 11.7. The van der Waals surface area contributed by atoms with Crippen molar-refractivity contribution in [3.05, 3.63) is 47.5 Å². The van der Waals surface area contributed by atoms with Gasteiger partial charge in [-0.1, -0.05) is 24.3 Å². The predicted octanol–water partition coefficient (Wildman–Crippen LogP) is 3.86. The molecular formula is C18H18ClF3N4O. The van der Waals surface area contributed by atoms with Crippen LogP contribution in [0.2, 0.25) is 0 Å². The Bertz CT molecular complexity index is 835. The number of hydrogen-bond acceptors (Lipinski definition) is 4. The molecule has 1 amide bonds. The molecule has 0 aliphatic heterocycles. The summed E-state index contributed by atoms with van der Waals surface area (Å²) in [7, 11) is 4.74. The summed E-state index contributed by atoms with van der Waals surface area (Å²) >= 11 is 5.44. The Hall–Kier alpha value is -2.61. The fourth-order valence-corrected chi connectivity index (χ4v) is 2.27. The summed E-state index contributed by atoms with van der Waals surface area (Å²) in [6.07, 6.45) is -3.01. The highest BCUT2D eigenvalue weighted by Crippen LogP contribution is 2.33. The lowest BCUT2D eigenvalue weighted by atomic mass is 10.1. The second kappa shape index (κ2) is 8.39. The van der Waals surface area contributed by atoms with Crippen LogP contribution in [0.25, 0.3) is 11.3 Å². The van der Waals surface area contributed by atoms with E-state index in [1.807, 2.05) is 0 Å². The molecule has 5 nitrogen and oxygen atoms in total. The zero-order valence-electron chi connectivity index (χ0n) is 15.0. The molecule has 0 N–H and O–H groups in total. The fraction of sp³-hybridized carbons (Fsp3) is 0.278. The van der Waals surface area contributed by atoms with E-state index < -0.39 is 11.7 Å². The van der Waals surface area contributed by atoms with Crippen LogP contribution in [-0.2, 0) is 11.0 Å². The van der Waals surface area contributed by atoms with E-state index in [2.05, 4.69) is 10.1 Å². The molecule has 0 unspecified atom stereocenters. The first-order valence-corrected chi connectivity index (χ1v) is 8.39. The molecule has 0 spiro atoms. The Balaban J connectivity index is 2.32. The summed E-state index contributed by atoms with van der Waals surface area (Å²) in [4.78, 5) is 17.1. The fourth-order valence-electron chi connectivity index (χ4n) is 2.10. The largest absolute Gasteiger partial charge is 0.416 e. The number of carbonyl (C=O) groups excluding carboxylic acids is 1. The summed E-state index contributed by atoms with van der Waals surface area (Å²) in [6.45, 7) is 0. The Morgan fingerprint density at radius 2 is 1.81 bits per heavy atom. The van der Waals surface area contributed by atoms with Gasteiger partial charge in [0.1, 0.15) is 11.7 Å². The molecule has 9 heteroatoms. The minimum atomic E-state index is -4.46.